The molecule has 3 N–H and O–H groups in total. The maximum Gasteiger partial charge on any atom is 0.252 e. The van der Waals surface area contributed by atoms with E-state index in [1.165, 1.54) is 38.5 Å². The summed E-state index contributed by atoms with van der Waals surface area (Å²) in [5, 5.41) is 7.02. The highest BCUT2D eigenvalue weighted by molar-refractivity contribution is 5.93. The fraction of sp³-hybridized carbons (Fsp3) is 0.714. The summed E-state index contributed by atoms with van der Waals surface area (Å²) in [6.45, 7) is 1.13. The molecule has 1 aromatic heterocycles. The van der Waals surface area contributed by atoms with Gasteiger partial charge in [0, 0.05) is 6.04 Å². The molecule has 1 aromatic rings. The minimum Gasteiger partial charge on any atom is -0.365 e. The van der Waals surface area contributed by atoms with Crippen LogP contribution in [-0.2, 0) is 0 Å². The molecule has 0 unspecified atom stereocenters. The summed E-state index contributed by atoms with van der Waals surface area (Å²) >= 11 is 0. The summed E-state index contributed by atoms with van der Waals surface area (Å²) < 4.78 is 0. The highest BCUT2D eigenvalue weighted by atomic mass is 16.1. The molecule has 5 heteroatoms. The van der Waals surface area contributed by atoms with Gasteiger partial charge in [-0.05, 0) is 32.2 Å². The van der Waals surface area contributed by atoms with Crippen molar-refractivity contribution < 1.29 is 4.79 Å². The first kappa shape index (κ1) is 12.7. The molecule has 0 spiro atoms. The maximum absolute atomic E-state index is 11.5. The van der Waals surface area contributed by atoms with Crippen molar-refractivity contribution in [1.29, 1.82) is 0 Å². The molecule has 2 aliphatic rings. The Morgan fingerprint density at radius 2 is 2.05 bits per heavy atom. The summed E-state index contributed by atoms with van der Waals surface area (Å²) in [7, 11) is 0. The molecular formula is C14H22N4O. The molecule has 3 rings (SSSR count). The van der Waals surface area contributed by atoms with Crippen molar-refractivity contribution in [3.8, 4) is 0 Å². The number of carbonyl (C=O) groups is 1. The standard InChI is InChI=1S/C14H22N4O/c15-14(19)11-9-16-17-13(11)12-7-4-8-18(12)10-5-2-1-3-6-10/h9-10,12H,1-8H2,(H2,15,19)(H,16,17)/t12-/m1/s1. The van der Waals surface area contributed by atoms with Crippen LogP contribution < -0.4 is 5.73 Å². The smallest absolute Gasteiger partial charge is 0.252 e. The monoisotopic (exact) mass is 262 g/mol. The van der Waals surface area contributed by atoms with E-state index >= 15 is 0 Å². The van der Waals surface area contributed by atoms with Gasteiger partial charge in [-0.25, -0.2) is 0 Å². The summed E-state index contributed by atoms with van der Waals surface area (Å²) in [5.74, 6) is -0.376. The molecule has 19 heavy (non-hydrogen) atoms. The van der Waals surface area contributed by atoms with Crippen molar-refractivity contribution in [3.05, 3.63) is 17.5 Å². The Bertz CT molecular complexity index is 450. The molecule has 0 radical (unpaired) electrons. The molecular weight excluding hydrogens is 240 g/mol. The number of nitrogens with one attached hydrogen (secondary N) is 1. The topological polar surface area (TPSA) is 75.0 Å². The first-order valence-corrected chi connectivity index (χ1v) is 7.36. The number of carbonyl (C=O) groups excluding carboxylic acids is 1. The normalized spacial score (nSPS) is 25.8. The first-order chi connectivity index (χ1) is 9.27. The molecule has 0 bridgehead atoms. The number of aromatic nitrogens is 2. The molecule has 5 nitrogen and oxygen atoms in total. The minimum atomic E-state index is -0.376. The van der Waals surface area contributed by atoms with E-state index < -0.39 is 0 Å². The number of nitrogens with zero attached hydrogens (tertiary/aromatic N) is 2. The molecule has 2 fully saturated rings. The van der Waals surface area contributed by atoms with Crippen LogP contribution in [0.4, 0.5) is 0 Å². The van der Waals surface area contributed by atoms with Crippen LogP contribution in [0.2, 0.25) is 0 Å². The van der Waals surface area contributed by atoms with Gasteiger partial charge in [0.1, 0.15) is 0 Å². The van der Waals surface area contributed by atoms with Crippen LogP contribution in [0.25, 0.3) is 0 Å². The Morgan fingerprint density at radius 3 is 2.79 bits per heavy atom. The lowest BCUT2D eigenvalue weighted by molar-refractivity contribution is 0.0993. The van der Waals surface area contributed by atoms with Crippen molar-refractivity contribution in [1.82, 2.24) is 15.1 Å². The van der Waals surface area contributed by atoms with Crippen molar-refractivity contribution in [2.45, 2.75) is 57.0 Å². The van der Waals surface area contributed by atoms with Gasteiger partial charge in [-0.3, -0.25) is 14.8 Å². The second kappa shape index (κ2) is 5.33. The van der Waals surface area contributed by atoms with E-state index in [2.05, 4.69) is 15.1 Å². The number of H-pyrrole nitrogens is 1. The molecule has 1 aliphatic carbocycles. The molecule has 0 aromatic carbocycles. The van der Waals surface area contributed by atoms with Crippen LogP contribution in [0.3, 0.4) is 0 Å². The highest BCUT2D eigenvalue weighted by Gasteiger charge is 2.35. The second-order valence-electron chi connectivity index (χ2n) is 5.75. The van der Waals surface area contributed by atoms with Crippen LogP contribution in [0.5, 0.6) is 0 Å². The van der Waals surface area contributed by atoms with E-state index in [1.807, 2.05) is 0 Å². The Balaban J connectivity index is 1.82. The van der Waals surface area contributed by atoms with E-state index in [4.69, 9.17) is 5.73 Å². The Hall–Kier alpha value is -1.36. The lowest BCUT2D eigenvalue weighted by Gasteiger charge is -2.35. The SMILES string of the molecule is NC(=O)c1cn[nH]c1[C@H]1CCCN1C1CCCCC1. The number of hydrogen-bond acceptors (Lipinski definition) is 3. The molecule has 1 aliphatic heterocycles. The van der Waals surface area contributed by atoms with Gasteiger partial charge < -0.3 is 5.73 Å². The number of aromatic amines is 1. The summed E-state index contributed by atoms with van der Waals surface area (Å²) in [6, 6.07) is 0.971. The second-order valence-corrected chi connectivity index (χ2v) is 5.75. The fourth-order valence-corrected chi connectivity index (χ4v) is 3.70. The molecule has 2 heterocycles. The third-order valence-corrected chi connectivity index (χ3v) is 4.61. The van der Waals surface area contributed by atoms with E-state index in [0.29, 0.717) is 17.6 Å². The van der Waals surface area contributed by atoms with Crippen molar-refractivity contribution in [2.75, 3.05) is 6.54 Å². The van der Waals surface area contributed by atoms with Gasteiger partial charge in [-0.1, -0.05) is 19.3 Å². The van der Waals surface area contributed by atoms with E-state index in [0.717, 1.165) is 18.7 Å². The molecule has 1 amide bonds. The fourth-order valence-electron chi connectivity index (χ4n) is 3.70. The van der Waals surface area contributed by atoms with Gasteiger partial charge in [0.2, 0.25) is 0 Å². The molecule has 104 valence electrons. The quantitative estimate of drug-likeness (QED) is 0.874. The zero-order valence-corrected chi connectivity index (χ0v) is 11.3. The van der Waals surface area contributed by atoms with E-state index in [9.17, 15) is 4.79 Å². The third-order valence-electron chi connectivity index (χ3n) is 4.61. The number of likely N-dealkylation sites (tertiary alicyclic amines) is 1. The average molecular weight is 262 g/mol. The molecule has 1 saturated heterocycles. The average Bonchev–Trinajstić information content (AvgIpc) is 3.08. The van der Waals surface area contributed by atoms with Crippen LogP contribution in [0.15, 0.2) is 6.20 Å². The van der Waals surface area contributed by atoms with Crippen molar-refractivity contribution >= 4 is 5.91 Å². The van der Waals surface area contributed by atoms with Crippen molar-refractivity contribution in [3.63, 3.8) is 0 Å². The van der Waals surface area contributed by atoms with Gasteiger partial charge >= 0.3 is 0 Å². The van der Waals surface area contributed by atoms with Gasteiger partial charge in [-0.2, -0.15) is 5.10 Å². The Morgan fingerprint density at radius 1 is 1.26 bits per heavy atom. The largest absolute Gasteiger partial charge is 0.365 e. The third kappa shape index (κ3) is 2.39. The van der Waals surface area contributed by atoms with Gasteiger partial charge in [0.15, 0.2) is 0 Å². The lowest BCUT2D eigenvalue weighted by Crippen LogP contribution is -2.37. The number of nitrogens with two attached hydrogens (primary N) is 1. The van der Waals surface area contributed by atoms with Crippen LogP contribution in [-0.4, -0.2) is 33.6 Å². The Labute approximate surface area is 113 Å². The van der Waals surface area contributed by atoms with Gasteiger partial charge in [0.05, 0.1) is 23.5 Å². The van der Waals surface area contributed by atoms with Crippen LogP contribution in [0.1, 0.15) is 67.0 Å². The lowest BCUT2D eigenvalue weighted by atomic mass is 9.93. The summed E-state index contributed by atoms with van der Waals surface area (Å²) in [6.07, 6.45) is 10.5. The van der Waals surface area contributed by atoms with E-state index in [-0.39, 0.29) is 5.91 Å². The van der Waals surface area contributed by atoms with Crippen LogP contribution in [0, 0.1) is 0 Å². The highest BCUT2D eigenvalue weighted by Crippen LogP contribution is 2.37. The minimum absolute atomic E-state index is 0.299. The zero-order chi connectivity index (χ0) is 13.2. The number of hydrogen-bond donors (Lipinski definition) is 2. The molecule has 1 atom stereocenters. The first-order valence-electron chi connectivity index (χ1n) is 7.36. The Kier molecular flexibility index (Phi) is 3.55. The number of amides is 1. The molecule has 1 saturated carbocycles. The zero-order valence-electron chi connectivity index (χ0n) is 11.3. The van der Waals surface area contributed by atoms with Gasteiger partial charge in [0.25, 0.3) is 5.91 Å². The predicted octanol–water partition coefficient (Wildman–Crippen LogP) is 1.98. The number of rotatable bonds is 3. The summed E-state index contributed by atoms with van der Waals surface area (Å²) in [5.41, 5.74) is 6.92. The van der Waals surface area contributed by atoms with Crippen molar-refractivity contribution in [2.24, 2.45) is 5.73 Å². The maximum atomic E-state index is 11.5. The number of primary amides is 1. The van der Waals surface area contributed by atoms with E-state index in [1.54, 1.807) is 6.20 Å². The summed E-state index contributed by atoms with van der Waals surface area (Å²) in [4.78, 5) is 14.0. The van der Waals surface area contributed by atoms with Gasteiger partial charge in [-0.15, -0.1) is 0 Å². The predicted molar refractivity (Wildman–Crippen MR) is 72.7 cm³/mol. The van der Waals surface area contributed by atoms with Crippen LogP contribution >= 0.6 is 0 Å².